The molecule has 3 rings (SSSR count). The molecule has 0 unspecified atom stereocenters. The van der Waals surface area contributed by atoms with Crippen molar-refractivity contribution in [3.8, 4) is 5.75 Å². The van der Waals surface area contributed by atoms with E-state index in [2.05, 4.69) is 10.8 Å². The van der Waals surface area contributed by atoms with Crippen LogP contribution in [-0.2, 0) is 23.8 Å². The van der Waals surface area contributed by atoms with Gasteiger partial charge in [-0.15, -0.1) is 0 Å². The van der Waals surface area contributed by atoms with Crippen LogP contribution in [-0.4, -0.2) is 25.1 Å². The van der Waals surface area contributed by atoms with Gasteiger partial charge in [0.15, 0.2) is 5.76 Å². The standard InChI is InChI=1S/C22H23NO6/c1-14(24)28-16-9-7-15(8-10-16)18-5-3-4-6-19(18)21-13-27-12-17(29-21)11-20(23)22(25)26-2/h3-4,6-10,12-13,18,20H,5,11,23H2,1-2H3/t18-,20+/m1/s1. The van der Waals surface area contributed by atoms with Gasteiger partial charge in [0.25, 0.3) is 0 Å². The summed E-state index contributed by atoms with van der Waals surface area (Å²) in [5, 5.41) is 0. The fraction of sp³-hybridized carbons (Fsp3) is 0.273. The van der Waals surface area contributed by atoms with Gasteiger partial charge in [-0.05, 0) is 24.1 Å². The number of hydrogen-bond acceptors (Lipinski definition) is 7. The average molecular weight is 397 g/mol. The Morgan fingerprint density at radius 3 is 2.69 bits per heavy atom. The molecule has 0 bridgehead atoms. The van der Waals surface area contributed by atoms with Crippen LogP contribution in [0.3, 0.4) is 0 Å². The molecule has 0 fully saturated rings. The summed E-state index contributed by atoms with van der Waals surface area (Å²) < 4.78 is 21.1. The fourth-order valence-electron chi connectivity index (χ4n) is 3.16. The van der Waals surface area contributed by atoms with Crippen molar-refractivity contribution in [3.63, 3.8) is 0 Å². The molecule has 1 aromatic rings. The lowest BCUT2D eigenvalue weighted by Crippen LogP contribution is -2.32. The van der Waals surface area contributed by atoms with Crippen LogP contribution < -0.4 is 10.5 Å². The van der Waals surface area contributed by atoms with Crippen molar-refractivity contribution in [3.05, 3.63) is 77.7 Å². The summed E-state index contributed by atoms with van der Waals surface area (Å²) in [5.41, 5.74) is 7.80. The summed E-state index contributed by atoms with van der Waals surface area (Å²) in [6, 6.07) is 6.54. The van der Waals surface area contributed by atoms with Gasteiger partial charge in [0.2, 0.25) is 0 Å². The third-order valence-corrected chi connectivity index (χ3v) is 4.53. The Labute approximate surface area is 169 Å². The van der Waals surface area contributed by atoms with Gasteiger partial charge in [0.1, 0.15) is 30.1 Å². The first-order chi connectivity index (χ1) is 14.0. The number of ether oxygens (including phenoxy) is 4. The van der Waals surface area contributed by atoms with Gasteiger partial charge in [-0.25, -0.2) is 0 Å². The lowest BCUT2D eigenvalue weighted by Gasteiger charge is -2.26. The molecule has 0 radical (unpaired) electrons. The summed E-state index contributed by atoms with van der Waals surface area (Å²) in [4.78, 5) is 22.7. The lowest BCUT2D eigenvalue weighted by molar-refractivity contribution is -0.142. The Balaban J connectivity index is 1.73. The van der Waals surface area contributed by atoms with Gasteiger partial charge in [-0.1, -0.05) is 30.4 Å². The van der Waals surface area contributed by atoms with Crippen LogP contribution in [0.2, 0.25) is 0 Å². The number of allylic oxidation sites excluding steroid dienone is 4. The van der Waals surface area contributed by atoms with Crippen molar-refractivity contribution in [2.45, 2.75) is 31.7 Å². The molecule has 7 heteroatoms. The molecule has 2 aliphatic rings. The van der Waals surface area contributed by atoms with E-state index in [0.29, 0.717) is 17.3 Å². The van der Waals surface area contributed by atoms with Crippen LogP contribution in [0, 0.1) is 0 Å². The Morgan fingerprint density at radius 1 is 1.24 bits per heavy atom. The van der Waals surface area contributed by atoms with Crippen LogP contribution in [0.25, 0.3) is 0 Å². The van der Waals surface area contributed by atoms with Crippen LogP contribution in [0.5, 0.6) is 5.75 Å². The summed E-state index contributed by atoms with van der Waals surface area (Å²) >= 11 is 0. The van der Waals surface area contributed by atoms with E-state index >= 15 is 0 Å². The molecule has 1 aromatic carbocycles. The van der Waals surface area contributed by atoms with Gasteiger partial charge in [-0.3, -0.25) is 9.59 Å². The van der Waals surface area contributed by atoms with Crippen LogP contribution in [0.1, 0.15) is 31.2 Å². The van der Waals surface area contributed by atoms with Gasteiger partial charge in [0, 0.05) is 24.8 Å². The van der Waals surface area contributed by atoms with E-state index < -0.39 is 12.0 Å². The molecule has 1 aliphatic heterocycles. The molecule has 0 spiro atoms. The highest BCUT2D eigenvalue weighted by Gasteiger charge is 2.26. The summed E-state index contributed by atoms with van der Waals surface area (Å²) in [6.07, 6.45) is 9.89. The van der Waals surface area contributed by atoms with Crippen molar-refractivity contribution < 1.29 is 28.5 Å². The second kappa shape index (κ2) is 9.25. The average Bonchev–Trinajstić information content (AvgIpc) is 2.73. The Hall–Kier alpha value is -3.32. The molecule has 2 atom stereocenters. The summed E-state index contributed by atoms with van der Waals surface area (Å²) in [6.45, 7) is 1.37. The second-order valence-electron chi connectivity index (χ2n) is 6.64. The molecule has 29 heavy (non-hydrogen) atoms. The predicted octanol–water partition coefficient (Wildman–Crippen LogP) is 3.20. The van der Waals surface area contributed by atoms with E-state index in [9.17, 15) is 9.59 Å². The highest BCUT2D eigenvalue weighted by atomic mass is 16.5. The van der Waals surface area contributed by atoms with Crippen molar-refractivity contribution in [1.29, 1.82) is 0 Å². The number of esters is 2. The zero-order chi connectivity index (χ0) is 20.8. The Kier molecular flexibility index (Phi) is 6.51. The maximum atomic E-state index is 11.6. The van der Waals surface area contributed by atoms with Crippen LogP contribution in [0.15, 0.2) is 72.1 Å². The van der Waals surface area contributed by atoms with Crippen molar-refractivity contribution in [2.24, 2.45) is 5.73 Å². The maximum absolute atomic E-state index is 11.6. The smallest absolute Gasteiger partial charge is 0.323 e. The zero-order valence-corrected chi connectivity index (χ0v) is 16.3. The Morgan fingerprint density at radius 2 is 2.00 bits per heavy atom. The van der Waals surface area contributed by atoms with Gasteiger partial charge in [0.05, 0.1) is 7.11 Å². The fourth-order valence-corrected chi connectivity index (χ4v) is 3.16. The molecule has 1 aliphatic carbocycles. The molecular weight excluding hydrogens is 374 g/mol. The first-order valence-electron chi connectivity index (χ1n) is 9.19. The van der Waals surface area contributed by atoms with Gasteiger partial charge >= 0.3 is 11.9 Å². The summed E-state index contributed by atoms with van der Waals surface area (Å²) in [5.74, 6) is 0.654. The zero-order valence-electron chi connectivity index (χ0n) is 16.3. The SMILES string of the molecule is COC(=O)[C@@H](N)CC1=COC=C(C2=CC=CC[C@@H]2c2ccc(OC(C)=O)cc2)O1. The van der Waals surface area contributed by atoms with E-state index in [0.717, 1.165) is 17.6 Å². The molecule has 2 N–H and O–H groups in total. The number of methoxy groups -OCH3 is 1. The minimum atomic E-state index is -0.834. The largest absolute Gasteiger partial charge is 0.468 e. The number of carbonyl (C=O) groups excluding carboxylic acids is 2. The summed E-state index contributed by atoms with van der Waals surface area (Å²) in [7, 11) is 1.29. The highest BCUT2D eigenvalue weighted by Crippen LogP contribution is 2.38. The lowest BCUT2D eigenvalue weighted by atomic mass is 9.84. The van der Waals surface area contributed by atoms with E-state index in [1.807, 2.05) is 24.3 Å². The molecule has 1 heterocycles. The molecular formula is C22H23NO6. The first kappa shape index (κ1) is 20.4. The minimum absolute atomic E-state index is 0.0369. The van der Waals surface area contributed by atoms with E-state index in [1.165, 1.54) is 26.6 Å². The Bertz CT molecular complexity index is 894. The first-order valence-corrected chi connectivity index (χ1v) is 9.19. The molecule has 0 saturated carbocycles. The van der Waals surface area contributed by atoms with E-state index in [-0.39, 0.29) is 18.3 Å². The number of benzene rings is 1. The van der Waals surface area contributed by atoms with Gasteiger partial charge < -0.3 is 24.7 Å². The highest BCUT2D eigenvalue weighted by molar-refractivity contribution is 5.75. The van der Waals surface area contributed by atoms with Crippen molar-refractivity contribution in [2.75, 3.05) is 7.11 Å². The van der Waals surface area contributed by atoms with Crippen LogP contribution >= 0.6 is 0 Å². The van der Waals surface area contributed by atoms with Crippen molar-refractivity contribution in [1.82, 2.24) is 0 Å². The van der Waals surface area contributed by atoms with E-state index in [4.69, 9.17) is 19.9 Å². The minimum Gasteiger partial charge on any atom is -0.468 e. The quantitative estimate of drug-likeness (QED) is 0.581. The van der Waals surface area contributed by atoms with E-state index in [1.54, 1.807) is 12.1 Å². The number of hydrogen-bond donors (Lipinski definition) is 1. The third-order valence-electron chi connectivity index (χ3n) is 4.53. The number of rotatable bonds is 6. The third kappa shape index (κ3) is 5.14. The number of carbonyl (C=O) groups is 2. The van der Waals surface area contributed by atoms with Crippen LogP contribution in [0.4, 0.5) is 0 Å². The topological polar surface area (TPSA) is 97.1 Å². The maximum Gasteiger partial charge on any atom is 0.323 e. The predicted molar refractivity (Wildman–Crippen MR) is 105 cm³/mol. The monoisotopic (exact) mass is 397 g/mol. The molecule has 0 aromatic heterocycles. The van der Waals surface area contributed by atoms with Gasteiger partial charge in [-0.2, -0.15) is 0 Å². The normalized spacial score (nSPS) is 19.0. The molecule has 7 nitrogen and oxygen atoms in total. The molecule has 152 valence electrons. The molecule has 0 saturated heterocycles. The number of nitrogens with two attached hydrogens (primary N) is 1. The molecule has 0 amide bonds. The van der Waals surface area contributed by atoms with Crippen molar-refractivity contribution >= 4 is 11.9 Å². The second-order valence-corrected chi connectivity index (χ2v) is 6.64.